The molecular formula is C8H8ClFS. The topological polar surface area (TPSA) is 0 Å². The molecule has 0 heterocycles. The molecule has 0 aliphatic rings. The second-order valence-corrected chi connectivity index (χ2v) is 3.75. The molecule has 0 aliphatic heterocycles. The number of hydrogen-bond donors (Lipinski definition) is 0. The minimum atomic E-state index is -0.193. The van der Waals surface area contributed by atoms with Crippen molar-refractivity contribution in [2.24, 2.45) is 0 Å². The molecule has 0 aromatic heterocycles. The van der Waals surface area contributed by atoms with Crippen LogP contribution in [0.5, 0.6) is 0 Å². The molecule has 0 fully saturated rings. The standard InChI is InChI=1S/C8H8ClFS/c1-2-11-8-5-6(9)3-4-7(8)10/h3-5H,2H2,1H3. The van der Waals surface area contributed by atoms with Crippen LogP contribution < -0.4 is 0 Å². The molecule has 0 unspecified atom stereocenters. The predicted octanol–water partition coefficient (Wildman–Crippen LogP) is 3.59. The van der Waals surface area contributed by atoms with Gasteiger partial charge in [-0.3, -0.25) is 0 Å². The maximum absolute atomic E-state index is 12.9. The fourth-order valence-electron chi connectivity index (χ4n) is 0.743. The fraction of sp³-hybridized carbons (Fsp3) is 0.250. The first-order chi connectivity index (χ1) is 5.24. The summed E-state index contributed by atoms with van der Waals surface area (Å²) in [5, 5.41) is 0.586. The van der Waals surface area contributed by atoms with Crippen molar-refractivity contribution >= 4 is 23.4 Å². The summed E-state index contributed by atoms with van der Waals surface area (Å²) in [5.74, 6) is 0.665. The second-order valence-electron chi connectivity index (χ2n) is 2.01. The van der Waals surface area contributed by atoms with Gasteiger partial charge in [-0.15, -0.1) is 11.8 Å². The molecule has 0 nitrogen and oxygen atoms in total. The monoisotopic (exact) mass is 190 g/mol. The van der Waals surface area contributed by atoms with Gasteiger partial charge in [-0.1, -0.05) is 18.5 Å². The van der Waals surface area contributed by atoms with E-state index in [1.807, 2.05) is 6.92 Å². The van der Waals surface area contributed by atoms with E-state index in [0.717, 1.165) is 5.75 Å². The van der Waals surface area contributed by atoms with Crippen molar-refractivity contribution in [1.29, 1.82) is 0 Å². The summed E-state index contributed by atoms with van der Waals surface area (Å²) in [5.41, 5.74) is 0. The zero-order valence-electron chi connectivity index (χ0n) is 6.10. The Balaban J connectivity index is 2.93. The maximum Gasteiger partial charge on any atom is 0.136 e. The molecule has 0 atom stereocenters. The van der Waals surface area contributed by atoms with E-state index in [1.54, 1.807) is 12.1 Å². The van der Waals surface area contributed by atoms with E-state index in [2.05, 4.69) is 0 Å². The maximum atomic E-state index is 12.9. The number of benzene rings is 1. The number of thioether (sulfide) groups is 1. The quantitative estimate of drug-likeness (QED) is 0.643. The van der Waals surface area contributed by atoms with Gasteiger partial charge >= 0.3 is 0 Å². The molecule has 11 heavy (non-hydrogen) atoms. The summed E-state index contributed by atoms with van der Waals surface area (Å²) in [7, 11) is 0. The van der Waals surface area contributed by atoms with E-state index in [0.29, 0.717) is 9.92 Å². The highest BCUT2D eigenvalue weighted by atomic mass is 35.5. The van der Waals surface area contributed by atoms with Crippen LogP contribution >= 0.6 is 23.4 Å². The van der Waals surface area contributed by atoms with Crippen molar-refractivity contribution in [3.05, 3.63) is 29.0 Å². The van der Waals surface area contributed by atoms with Crippen molar-refractivity contribution in [2.45, 2.75) is 11.8 Å². The van der Waals surface area contributed by atoms with Crippen LogP contribution in [-0.2, 0) is 0 Å². The minimum absolute atomic E-state index is 0.193. The van der Waals surface area contributed by atoms with E-state index in [-0.39, 0.29) is 5.82 Å². The molecule has 1 aromatic carbocycles. The van der Waals surface area contributed by atoms with Gasteiger partial charge in [-0.2, -0.15) is 0 Å². The highest BCUT2D eigenvalue weighted by molar-refractivity contribution is 7.99. The molecule has 0 bridgehead atoms. The van der Waals surface area contributed by atoms with Crippen molar-refractivity contribution in [2.75, 3.05) is 5.75 Å². The first kappa shape index (κ1) is 8.88. The van der Waals surface area contributed by atoms with E-state index in [9.17, 15) is 4.39 Å². The van der Waals surface area contributed by atoms with Crippen LogP contribution in [0.2, 0.25) is 5.02 Å². The molecule has 3 heteroatoms. The highest BCUT2D eigenvalue weighted by Gasteiger charge is 2.00. The van der Waals surface area contributed by atoms with Crippen molar-refractivity contribution in [3.63, 3.8) is 0 Å². The molecular weight excluding hydrogens is 183 g/mol. The van der Waals surface area contributed by atoms with Gasteiger partial charge in [-0.05, 0) is 24.0 Å². The van der Waals surface area contributed by atoms with E-state index < -0.39 is 0 Å². The average Bonchev–Trinajstić information content (AvgIpc) is 1.98. The van der Waals surface area contributed by atoms with Crippen LogP contribution in [0.4, 0.5) is 4.39 Å². The number of halogens is 2. The molecule has 0 saturated heterocycles. The lowest BCUT2D eigenvalue weighted by Crippen LogP contribution is -1.80. The first-order valence-electron chi connectivity index (χ1n) is 3.32. The summed E-state index contributed by atoms with van der Waals surface area (Å²) in [6, 6.07) is 4.59. The average molecular weight is 191 g/mol. The Labute approximate surface area is 74.8 Å². The van der Waals surface area contributed by atoms with Crippen LogP contribution in [0.25, 0.3) is 0 Å². The van der Waals surface area contributed by atoms with Gasteiger partial charge in [0.1, 0.15) is 5.82 Å². The van der Waals surface area contributed by atoms with Crippen LogP contribution in [0, 0.1) is 5.82 Å². The third-order valence-electron chi connectivity index (χ3n) is 1.19. The summed E-state index contributed by atoms with van der Waals surface area (Å²) < 4.78 is 12.9. The van der Waals surface area contributed by atoms with E-state index in [1.165, 1.54) is 17.8 Å². The number of hydrogen-bond acceptors (Lipinski definition) is 1. The van der Waals surface area contributed by atoms with Gasteiger partial charge in [0, 0.05) is 9.92 Å². The Kier molecular flexibility index (Phi) is 3.21. The SMILES string of the molecule is CCSc1cc(Cl)ccc1F. The Hall–Kier alpha value is -0.210. The summed E-state index contributed by atoms with van der Waals surface area (Å²) >= 11 is 7.13. The Bertz CT molecular complexity index is 250. The first-order valence-corrected chi connectivity index (χ1v) is 4.68. The molecule has 0 N–H and O–H groups in total. The molecule has 0 aliphatic carbocycles. The van der Waals surface area contributed by atoms with Crippen LogP contribution in [-0.4, -0.2) is 5.75 Å². The lowest BCUT2D eigenvalue weighted by molar-refractivity contribution is 0.602. The minimum Gasteiger partial charge on any atom is -0.206 e. The predicted molar refractivity (Wildman–Crippen MR) is 47.8 cm³/mol. The zero-order chi connectivity index (χ0) is 8.27. The lowest BCUT2D eigenvalue weighted by Gasteiger charge is -1.99. The molecule has 1 rings (SSSR count). The van der Waals surface area contributed by atoms with E-state index >= 15 is 0 Å². The third kappa shape index (κ3) is 2.38. The van der Waals surface area contributed by atoms with E-state index in [4.69, 9.17) is 11.6 Å². The molecule has 0 radical (unpaired) electrons. The Morgan fingerprint density at radius 2 is 2.27 bits per heavy atom. The second kappa shape index (κ2) is 3.98. The van der Waals surface area contributed by atoms with Gasteiger partial charge in [0.05, 0.1) is 0 Å². The highest BCUT2D eigenvalue weighted by Crippen LogP contribution is 2.24. The lowest BCUT2D eigenvalue weighted by atomic mass is 10.3. The van der Waals surface area contributed by atoms with Gasteiger partial charge in [0.2, 0.25) is 0 Å². The van der Waals surface area contributed by atoms with Crippen LogP contribution in [0.3, 0.4) is 0 Å². The largest absolute Gasteiger partial charge is 0.206 e. The molecule has 60 valence electrons. The van der Waals surface area contributed by atoms with Gasteiger partial charge in [0.15, 0.2) is 0 Å². The third-order valence-corrected chi connectivity index (χ3v) is 2.34. The van der Waals surface area contributed by atoms with Crippen LogP contribution in [0.15, 0.2) is 23.1 Å². The zero-order valence-corrected chi connectivity index (χ0v) is 7.68. The summed E-state index contributed by atoms with van der Waals surface area (Å²) in [6.07, 6.45) is 0. The number of rotatable bonds is 2. The molecule has 0 amide bonds. The Morgan fingerprint density at radius 1 is 1.55 bits per heavy atom. The molecule has 0 saturated carbocycles. The summed E-state index contributed by atoms with van der Waals surface area (Å²) in [6.45, 7) is 1.98. The Morgan fingerprint density at radius 3 is 2.91 bits per heavy atom. The fourth-order valence-corrected chi connectivity index (χ4v) is 1.71. The summed E-state index contributed by atoms with van der Waals surface area (Å²) in [4.78, 5) is 0.625. The van der Waals surface area contributed by atoms with Crippen molar-refractivity contribution in [3.8, 4) is 0 Å². The molecule has 1 aromatic rings. The van der Waals surface area contributed by atoms with Crippen LogP contribution in [0.1, 0.15) is 6.92 Å². The van der Waals surface area contributed by atoms with Gasteiger partial charge in [-0.25, -0.2) is 4.39 Å². The van der Waals surface area contributed by atoms with Crippen molar-refractivity contribution < 1.29 is 4.39 Å². The van der Waals surface area contributed by atoms with Gasteiger partial charge < -0.3 is 0 Å². The van der Waals surface area contributed by atoms with Gasteiger partial charge in [0.25, 0.3) is 0 Å². The molecule has 0 spiro atoms. The normalized spacial score (nSPS) is 10.1. The smallest absolute Gasteiger partial charge is 0.136 e. The van der Waals surface area contributed by atoms with Crippen molar-refractivity contribution in [1.82, 2.24) is 0 Å².